The van der Waals surface area contributed by atoms with Crippen LogP contribution in [0.5, 0.6) is 0 Å². The van der Waals surface area contributed by atoms with Crippen LogP contribution in [0.25, 0.3) is 0 Å². The summed E-state index contributed by atoms with van der Waals surface area (Å²) in [4.78, 5) is 8.77. The molecule has 1 atom stereocenters. The Morgan fingerprint density at radius 1 is 1.89 bits per heavy atom. The van der Waals surface area contributed by atoms with E-state index in [1.54, 1.807) is 0 Å². The molecule has 2 N–H and O–H groups in total. The van der Waals surface area contributed by atoms with E-state index in [1.807, 2.05) is 0 Å². The molecule has 0 aromatic carbocycles. The second-order valence-electron chi connectivity index (χ2n) is 1.39. The van der Waals surface area contributed by atoms with Gasteiger partial charge in [-0.05, 0) is 11.8 Å². The molecule has 0 aliphatic heterocycles. The molecular weight excluding hydrogens is 128 g/mol. The molecule has 0 rings (SSSR count). The third kappa shape index (κ3) is 2.04. The first-order valence-electron chi connectivity index (χ1n) is 2.14. The summed E-state index contributed by atoms with van der Waals surface area (Å²) >= 11 is 0. The van der Waals surface area contributed by atoms with Gasteiger partial charge in [0.15, 0.2) is 11.3 Å². The zero-order valence-electron chi connectivity index (χ0n) is 4.68. The quantitative estimate of drug-likeness (QED) is 0.165. The molecule has 0 aliphatic rings. The summed E-state index contributed by atoms with van der Waals surface area (Å²) in [5, 5.41) is 28.3. The fraction of sp³-hybridized carbons (Fsp3) is 0.667. The second kappa shape index (κ2) is 2.98. The molecule has 0 heterocycles. The summed E-state index contributed by atoms with van der Waals surface area (Å²) in [7, 11) is 0. The Kier molecular flexibility index (Phi) is 2.59. The summed E-state index contributed by atoms with van der Waals surface area (Å²) in [5.41, 5.74) is 0. The third-order valence-electron chi connectivity index (χ3n) is 0.663. The number of nitrogens with zero attached hydrogens (tertiary/aromatic N) is 2. The topological polar surface area (TPSA) is 96.0 Å². The van der Waals surface area contributed by atoms with E-state index in [9.17, 15) is 10.1 Å². The lowest BCUT2D eigenvalue weighted by atomic mass is 10.4. The van der Waals surface area contributed by atoms with Gasteiger partial charge in [-0.1, -0.05) is 0 Å². The lowest BCUT2D eigenvalue weighted by molar-refractivity contribution is -0.360. The van der Waals surface area contributed by atoms with Crippen LogP contribution in [0.1, 0.15) is 6.92 Å². The lowest BCUT2D eigenvalue weighted by Crippen LogP contribution is -2.24. The first-order chi connectivity index (χ1) is 4.09. The normalized spacial score (nSPS) is 15.1. The summed E-state index contributed by atoms with van der Waals surface area (Å²) in [5.74, 6) is -0.852. The predicted molar refractivity (Wildman–Crippen MR) is 27.9 cm³/mol. The summed E-state index contributed by atoms with van der Waals surface area (Å²) in [6.45, 7) is 1.14. The number of hydrogen-bond acceptors (Lipinski definition) is 5. The Hall–Kier alpha value is -1.17. The molecule has 0 saturated heterocycles. The van der Waals surface area contributed by atoms with E-state index in [4.69, 9.17) is 10.3 Å². The Morgan fingerprint density at radius 3 is 2.33 bits per heavy atom. The first-order valence-corrected chi connectivity index (χ1v) is 2.14. The van der Waals surface area contributed by atoms with Crippen molar-refractivity contribution in [2.75, 3.05) is 0 Å². The van der Waals surface area contributed by atoms with Gasteiger partial charge in [-0.25, -0.2) is 0 Å². The van der Waals surface area contributed by atoms with Crippen LogP contribution in [0.2, 0.25) is 0 Å². The highest BCUT2D eigenvalue weighted by molar-refractivity contribution is 5.77. The molecule has 0 aromatic heterocycles. The average Bonchev–Trinajstić information content (AvgIpc) is 1.64. The van der Waals surface area contributed by atoms with Gasteiger partial charge in [0, 0.05) is 0 Å². The molecule has 6 heteroatoms. The molecule has 6 nitrogen and oxygen atoms in total. The average molecular weight is 134 g/mol. The van der Waals surface area contributed by atoms with Crippen LogP contribution in [0.3, 0.4) is 0 Å². The monoisotopic (exact) mass is 134 g/mol. The van der Waals surface area contributed by atoms with Gasteiger partial charge in [0.05, 0.1) is 0 Å². The van der Waals surface area contributed by atoms with Gasteiger partial charge in [0.25, 0.3) is 0 Å². The molecule has 0 radical (unpaired) electrons. The molecule has 0 saturated carbocycles. The smallest absolute Gasteiger partial charge is 0.380 e. The Labute approximate surface area is 50.6 Å². The predicted octanol–water partition coefficient (Wildman–Crippen LogP) is -0.568. The molecule has 1 unspecified atom stereocenters. The first kappa shape index (κ1) is 7.83. The Bertz CT molecular complexity index is 141. The van der Waals surface area contributed by atoms with Crippen molar-refractivity contribution in [1.82, 2.24) is 0 Å². The molecule has 9 heavy (non-hydrogen) atoms. The SMILES string of the molecule is CC(O)/C(=N/O)[N+](=O)[O-]. The van der Waals surface area contributed by atoms with Crippen molar-refractivity contribution in [2.24, 2.45) is 5.16 Å². The maximum absolute atomic E-state index is 9.73. The van der Waals surface area contributed by atoms with Crippen LogP contribution in [0.15, 0.2) is 5.16 Å². The van der Waals surface area contributed by atoms with Crippen molar-refractivity contribution in [3.05, 3.63) is 10.1 Å². The minimum atomic E-state index is -1.34. The molecule has 0 fully saturated rings. The maximum Gasteiger partial charge on any atom is 0.413 e. The molecule has 0 spiro atoms. The summed E-state index contributed by atoms with van der Waals surface area (Å²) in [6.07, 6.45) is -1.34. The van der Waals surface area contributed by atoms with Crippen LogP contribution in [-0.2, 0) is 0 Å². The summed E-state index contributed by atoms with van der Waals surface area (Å²) in [6, 6.07) is 0. The van der Waals surface area contributed by atoms with Crippen molar-refractivity contribution in [3.8, 4) is 0 Å². The standard InChI is InChI=1S/C3H6N2O4/c1-2(6)3(4-7)5(8)9/h2,6-7H,1H3/b4-3-. The number of nitro groups is 1. The minimum Gasteiger partial charge on any atom is -0.380 e. The van der Waals surface area contributed by atoms with Gasteiger partial charge in [-0.15, -0.1) is 0 Å². The van der Waals surface area contributed by atoms with Crippen LogP contribution >= 0.6 is 0 Å². The van der Waals surface area contributed by atoms with Crippen LogP contribution < -0.4 is 0 Å². The number of rotatable bonds is 1. The number of aliphatic hydroxyl groups is 1. The molecule has 0 aliphatic carbocycles. The fourth-order valence-electron chi connectivity index (χ4n) is 0.273. The highest BCUT2D eigenvalue weighted by Gasteiger charge is 2.19. The van der Waals surface area contributed by atoms with Gasteiger partial charge >= 0.3 is 5.84 Å². The van der Waals surface area contributed by atoms with Crippen LogP contribution in [-0.4, -0.2) is 27.2 Å². The number of amidine groups is 1. The van der Waals surface area contributed by atoms with Crippen molar-refractivity contribution in [3.63, 3.8) is 0 Å². The highest BCUT2D eigenvalue weighted by atomic mass is 16.6. The third-order valence-corrected chi connectivity index (χ3v) is 0.663. The Morgan fingerprint density at radius 2 is 2.33 bits per heavy atom. The molecule has 0 bridgehead atoms. The van der Waals surface area contributed by atoms with E-state index in [0.717, 1.165) is 6.92 Å². The van der Waals surface area contributed by atoms with E-state index >= 15 is 0 Å². The minimum absolute atomic E-state index is 0.852. The van der Waals surface area contributed by atoms with E-state index in [2.05, 4.69) is 5.16 Å². The van der Waals surface area contributed by atoms with Gasteiger partial charge in [0.1, 0.15) is 0 Å². The Balaban J connectivity index is 4.19. The van der Waals surface area contributed by atoms with E-state index in [-0.39, 0.29) is 0 Å². The van der Waals surface area contributed by atoms with Crippen molar-refractivity contribution < 1.29 is 15.2 Å². The van der Waals surface area contributed by atoms with Gasteiger partial charge in [0.2, 0.25) is 0 Å². The largest absolute Gasteiger partial charge is 0.413 e. The maximum atomic E-state index is 9.73. The van der Waals surface area contributed by atoms with E-state index < -0.39 is 16.9 Å². The molecule has 0 amide bonds. The molecular formula is C3H6N2O4. The van der Waals surface area contributed by atoms with Crippen molar-refractivity contribution >= 4 is 5.84 Å². The molecule has 52 valence electrons. The van der Waals surface area contributed by atoms with E-state index in [0.29, 0.717) is 0 Å². The number of aliphatic hydroxyl groups excluding tert-OH is 1. The zero-order valence-corrected chi connectivity index (χ0v) is 4.68. The van der Waals surface area contributed by atoms with Gasteiger partial charge in [-0.3, -0.25) is 0 Å². The van der Waals surface area contributed by atoms with Crippen molar-refractivity contribution in [1.29, 1.82) is 0 Å². The molecule has 0 aromatic rings. The van der Waals surface area contributed by atoms with Crippen molar-refractivity contribution in [2.45, 2.75) is 13.0 Å². The van der Waals surface area contributed by atoms with Gasteiger partial charge in [-0.2, -0.15) is 0 Å². The van der Waals surface area contributed by atoms with E-state index in [1.165, 1.54) is 0 Å². The van der Waals surface area contributed by atoms with Crippen LogP contribution in [0, 0.1) is 10.1 Å². The number of hydrogen-bond donors (Lipinski definition) is 2. The zero-order chi connectivity index (χ0) is 7.44. The van der Waals surface area contributed by atoms with Crippen LogP contribution in [0.4, 0.5) is 0 Å². The fourth-order valence-corrected chi connectivity index (χ4v) is 0.273. The second-order valence-corrected chi connectivity index (χ2v) is 1.39. The lowest BCUT2D eigenvalue weighted by Gasteiger charge is -1.96. The van der Waals surface area contributed by atoms with Gasteiger partial charge < -0.3 is 20.4 Å². The summed E-state index contributed by atoms with van der Waals surface area (Å²) < 4.78 is 0. The number of oxime groups is 1. The highest BCUT2D eigenvalue weighted by Crippen LogP contribution is 1.86.